The van der Waals surface area contributed by atoms with Crippen molar-refractivity contribution in [2.45, 2.75) is 12.3 Å². The summed E-state index contributed by atoms with van der Waals surface area (Å²) in [6.07, 6.45) is 5.16. The molecule has 0 saturated carbocycles. The van der Waals surface area contributed by atoms with Gasteiger partial charge in [0.25, 0.3) is 11.8 Å². The fourth-order valence-corrected chi connectivity index (χ4v) is 3.20. The predicted molar refractivity (Wildman–Crippen MR) is 106 cm³/mol. The maximum atomic E-state index is 12.7. The van der Waals surface area contributed by atoms with Gasteiger partial charge in [-0.15, -0.1) is 0 Å². The van der Waals surface area contributed by atoms with Crippen LogP contribution in [0.2, 0.25) is 0 Å². The van der Waals surface area contributed by atoms with Crippen molar-refractivity contribution in [2.75, 3.05) is 52.3 Å². The first-order valence-corrected chi connectivity index (χ1v) is 9.38. The van der Waals surface area contributed by atoms with Gasteiger partial charge in [0.2, 0.25) is 5.95 Å². The highest BCUT2D eigenvalue weighted by atomic mass is 16.5. The van der Waals surface area contributed by atoms with E-state index in [0.717, 1.165) is 0 Å². The molecule has 2 amide bonds. The zero-order valence-corrected chi connectivity index (χ0v) is 16.8. The molecule has 2 aromatic heterocycles. The lowest BCUT2D eigenvalue weighted by Crippen LogP contribution is -2.31. The Balaban J connectivity index is 1.81. The van der Waals surface area contributed by atoms with Crippen molar-refractivity contribution < 1.29 is 14.3 Å². The van der Waals surface area contributed by atoms with Gasteiger partial charge in [0.15, 0.2) is 0 Å². The summed E-state index contributed by atoms with van der Waals surface area (Å²) in [6.45, 7) is 1.85. The second-order valence-corrected chi connectivity index (χ2v) is 6.94. The summed E-state index contributed by atoms with van der Waals surface area (Å²) in [5.41, 5.74) is 1.43. The highest BCUT2D eigenvalue weighted by Gasteiger charge is 2.32. The third kappa shape index (κ3) is 4.83. The van der Waals surface area contributed by atoms with Gasteiger partial charge in [0.05, 0.1) is 17.9 Å². The molecule has 3 heterocycles. The fourth-order valence-electron chi connectivity index (χ4n) is 3.20. The van der Waals surface area contributed by atoms with E-state index in [2.05, 4.69) is 25.3 Å². The van der Waals surface area contributed by atoms with Crippen LogP contribution in [0.15, 0.2) is 24.8 Å². The van der Waals surface area contributed by atoms with Crippen LogP contribution in [-0.4, -0.2) is 84.1 Å². The first kappa shape index (κ1) is 20.6. The third-order valence-corrected chi connectivity index (χ3v) is 4.71. The number of anilines is 1. The molecule has 0 spiro atoms. The zero-order chi connectivity index (χ0) is 20.8. The van der Waals surface area contributed by atoms with Gasteiger partial charge in [-0.05, 0) is 12.5 Å². The number of aromatic nitrogens is 4. The van der Waals surface area contributed by atoms with Crippen molar-refractivity contribution >= 4 is 17.8 Å². The van der Waals surface area contributed by atoms with E-state index in [9.17, 15) is 9.59 Å². The summed E-state index contributed by atoms with van der Waals surface area (Å²) in [5, 5.41) is 2.82. The maximum Gasteiger partial charge on any atom is 0.272 e. The monoisotopic (exact) mass is 399 g/mol. The number of carbonyl (C=O) groups is 2. The number of carbonyl (C=O) groups excluding carboxylic acids is 2. The summed E-state index contributed by atoms with van der Waals surface area (Å²) in [7, 11) is 5.27. The molecule has 1 unspecified atom stereocenters. The molecule has 10 nitrogen and oxygen atoms in total. The first-order valence-electron chi connectivity index (χ1n) is 9.38. The minimum absolute atomic E-state index is 0.0642. The summed E-state index contributed by atoms with van der Waals surface area (Å²) >= 11 is 0. The Hall–Kier alpha value is -3.14. The highest BCUT2D eigenvalue weighted by Crippen LogP contribution is 2.29. The van der Waals surface area contributed by atoms with Crippen molar-refractivity contribution in [3.63, 3.8) is 0 Å². The Labute approximate surface area is 169 Å². The van der Waals surface area contributed by atoms with Crippen molar-refractivity contribution in [3.05, 3.63) is 41.7 Å². The summed E-state index contributed by atoms with van der Waals surface area (Å²) in [4.78, 5) is 45.7. The standard InChI is InChI=1S/C19H25N7O3/c1-25(2)19-22-10-14(17(27)21-7-9-29-3)16(24-19)13-5-8-26(11-13)18(28)15-4-6-20-12-23-15/h4,6,10,12-13H,5,7-9,11H2,1-3H3,(H,21,27). The lowest BCUT2D eigenvalue weighted by atomic mass is 9.99. The Morgan fingerprint density at radius 1 is 1.34 bits per heavy atom. The van der Waals surface area contributed by atoms with E-state index in [1.54, 1.807) is 35.4 Å². The van der Waals surface area contributed by atoms with E-state index in [0.29, 0.717) is 55.6 Å². The average Bonchev–Trinajstić information content (AvgIpc) is 3.23. The largest absolute Gasteiger partial charge is 0.383 e. The number of nitrogens with one attached hydrogen (secondary N) is 1. The number of hydrogen-bond acceptors (Lipinski definition) is 8. The van der Waals surface area contributed by atoms with Crippen LogP contribution in [0.25, 0.3) is 0 Å². The fraction of sp³-hybridized carbons (Fsp3) is 0.474. The van der Waals surface area contributed by atoms with Gasteiger partial charge < -0.3 is 19.9 Å². The average molecular weight is 399 g/mol. The Morgan fingerprint density at radius 3 is 2.86 bits per heavy atom. The second-order valence-electron chi connectivity index (χ2n) is 6.94. The summed E-state index contributed by atoms with van der Waals surface area (Å²) in [6, 6.07) is 1.60. The van der Waals surface area contributed by atoms with E-state index in [1.807, 2.05) is 14.1 Å². The molecule has 10 heteroatoms. The second kappa shape index (κ2) is 9.37. The molecular formula is C19H25N7O3. The van der Waals surface area contributed by atoms with Crippen molar-refractivity contribution in [3.8, 4) is 0 Å². The summed E-state index contributed by atoms with van der Waals surface area (Å²) < 4.78 is 4.98. The molecule has 2 aromatic rings. The lowest BCUT2D eigenvalue weighted by molar-refractivity contribution is 0.0784. The molecule has 1 atom stereocenters. The number of methoxy groups -OCH3 is 1. The first-order chi connectivity index (χ1) is 14.0. The van der Waals surface area contributed by atoms with Crippen molar-refractivity contribution in [1.29, 1.82) is 0 Å². The molecule has 1 fully saturated rings. The number of hydrogen-bond donors (Lipinski definition) is 1. The summed E-state index contributed by atoms with van der Waals surface area (Å²) in [5.74, 6) is 0.0606. The van der Waals surface area contributed by atoms with E-state index < -0.39 is 0 Å². The van der Waals surface area contributed by atoms with Gasteiger partial charge in [0.1, 0.15) is 12.0 Å². The Bertz CT molecular complexity index is 860. The molecule has 29 heavy (non-hydrogen) atoms. The molecule has 0 aromatic carbocycles. The zero-order valence-electron chi connectivity index (χ0n) is 16.8. The van der Waals surface area contributed by atoms with Crippen LogP contribution >= 0.6 is 0 Å². The van der Waals surface area contributed by atoms with Gasteiger partial charge in [-0.25, -0.2) is 19.9 Å². The van der Waals surface area contributed by atoms with Gasteiger partial charge in [0, 0.05) is 59.2 Å². The molecule has 0 bridgehead atoms. The van der Waals surface area contributed by atoms with Crippen LogP contribution in [0, 0.1) is 0 Å². The van der Waals surface area contributed by atoms with Crippen LogP contribution in [0.1, 0.15) is 38.9 Å². The number of rotatable bonds is 7. The molecule has 1 saturated heterocycles. The number of amides is 2. The van der Waals surface area contributed by atoms with Crippen LogP contribution in [0.3, 0.4) is 0 Å². The molecule has 1 N–H and O–H groups in total. The molecule has 0 radical (unpaired) electrons. The normalized spacial score (nSPS) is 16.0. The lowest BCUT2D eigenvalue weighted by Gasteiger charge is -2.19. The smallest absolute Gasteiger partial charge is 0.272 e. The minimum atomic E-state index is -0.247. The van der Waals surface area contributed by atoms with Crippen LogP contribution < -0.4 is 10.2 Å². The SMILES string of the molecule is COCCNC(=O)c1cnc(N(C)C)nc1C1CCN(C(=O)c2ccncn2)C1. The van der Waals surface area contributed by atoms with Crippen LogP contribution in [0.5, 0.6) is 0 Å². The van der Waals surface area contributed by atoms with E-state index >= 15 is 0 Å². The molecule has 3 rings (SSSR count). The molecule has 0 aliphatic carbocycles. The predicted octanol–water partition coefficient (Wildman–Crippen LogP) is 0.339. The number of nitrogens with zero attached hydrogens (tertiary/aromatic N) is 6. The van der Waals surface area contributed by atoms with Crippen LogP contribution in [-0.2, 0) is 4.74 Å². The third-order valence-electron chi connectivity index (χ3n) is 4.71. The number of ether oxygens (including phenoxy) is 1. The van der Waals surface area contributed by atoms with Gasteiger partial charge in [-0.3, -0.25) is 9.59 Å². The Morgan fingerprint density at radius 2 is 2.17 bits per heavy atom. The quantitative estimate of drug-likeness (QED) is 0.663. The minimum Gasteiger partial charge on any atom is -0.383 e. The van der Waals surface area contributed by atoms with Gasteiger partial charge in [-0.2, -0.15) is 0 Å². The van der Waals surface area contributed by atoms with Crippen LogP contribution in [0.4, 0.5) is 5.95 Å². The Kier molecular flexibility index (Phi) is 6.65. The molecule has 1 aliphatic rings. The van der Waals surface area contributed by atoms with Gasteiger partial charge in [-0.1, -0.05) is 0 Å². The van der Waals surface area contributed by atoms with Gasteiger partial charge >= 0.3 is 0 Å². The van der Waals surface area contributed by atoms with Crippen molar-refractivity contribution in [2.24, 2.45) is 0 Å². The van der Waals surface area contributed by atoms with E-state index in [-0.39, 0.29) is 17.7 Å². The molecular weight excluding hydrogens is 374 g/mol. The molecule has 154 valence electrons. The van der Waals surface area contributed by atoms with E-state index in [4.69, 9.17) is 4.74 Å². The maximum absolute atomic E-state index is 12.7. The highest BCUT2D eigenvalue weighted by molar-refractivity contribution is 5.95. The van der Waals surface area contributed by atoms with E-state index in [1.165, 1.54) is 6.33 Å². The number of likely N-dealkylation sites (tertiary alicyclic amines) is 1. The topological polar surface area (TPSA) is 113 Å². The molecule has 1 aliphatic heterocycles. The van der Waals surface area contributed by atoms with Crippen molar-refractivity contribution in [1.82, 2.24) is 30.2 Å².